The first-order valence-corrected chi connectivity index (χ1v) is 7.60. The zero-order valence-electron chi connectivity index (χ0n) is 13.8. The van der Waals surface area contributed by atoms with E-state index in [1.807, 2.05) is 13.0 Å². The molecule has 0 saturated carbocycles. The van der Waals surface area contributed by atoms with Gasteiger partial charge in [-0.05, 0) is 31.2 Å². The average molecular weight is 362 g/mol. The van der Waals surface area contributed by atoms with Crippen LogP contribution in [0, 0.1) is 18.6 Å². The highest BCUT2D eigenvalue weighted by atomic mass is 19.1. The van der Waals surface area contributed by atoms with Crippen LogP contribution in [-0.4, -0.2) is 30.9 Å². The molecule has 8 heteroatoms. The first kappa shape index (κ1) is 19.0. The molecule has 0 unspecified atom stereocenters. The van der Waals surface area contributed by atoms with Crippen LogP contribution in [0.5, 0.6) is 0 Å². The summed E-state index contributed by atoms with van der Waals surface area (Å²) in [5, 5.41) is 4.51. The Morgan fingerprint density at radius 1 is 1.08 bits per heavy atom. The van der Waals surface area contributed by atoms with Gasteiger partial charge in [0.2, 0.25) is 0 Å². The molecule has 0 atom stereocenters. The Bertz CT molecular complexity index is 840. The van der Waals surface area contributed by atoms with Crippen LogP contribution < -0.4 is 10.6 Å². The molecule has 2 aromatic rings. The van der Waals surface area contributed by atoms with E-state index in [4.69, 9.17) is 0 Å². The minimum absolute atomic E-state index is 0.236. The second-order valence-electron chi connectivity index (χ2n) is 5.39. The van der Waals surface area contributed by atoms with E-state index in [0.717, 1.165) is 17.7 Å². The third kappa shape index (κ3) is 5.66. The largest absolute Gasteiger partial charge is 0.454 e. The van der Waals surface area contributed by atoms with Gasteiger partial charge in [0.1, 0.15) is 18.2 Å². The van der Waals surface area contributed by atoms with E-state index in [2.05, 4.69) is 15.4 Å². The number of halogens is 2. The van der Waals surface area contributed by atoms with Crippen molar-refractivity contribution in [2.24, 2.45) is 0 Å². The van der Waals surface area contributed by atoms with Gasteiger partial charge in [0, 0.05) is 11.6 Å². The molecular formula is C18H16F2N2O4. The highest BCUT2D eigenvalue weighted by Gasteiger charge is 2.12. The lowest BCUT2D eigenvalue weighted by atomic mass is 10.1. The van der Waals surface area contributed by atoms with Gasteiger partial charge in [-0.15, -0.1) is 0 Å². The van der Waals surface area contributed by atoms with Gasteiger partial charge in [0.25, 0.3) is 11.8 Å². The number of aryl methyl sites for hydroxylation is 1. The standard InChI is InChI=1S/C18H16F2N2O4/c1-11-3-2-4-12(7-11)18(25)21-9-17(24)26-10-16(23)22-15-6-5-13(19)8-14(15)20/h2-8H,9-10H2,1H3,(H,21,25)(H,22,23). The summed E-state index contributed by atoms with van der Waals surface area (Å²) in [7, 11) is 0. The fourth-order valence-corrected chi connectivity index (χ4v) is 2.02. The molecule has 2 rings (SSSR count). The molecule has 6 nitrogen and oxygen atoms in total. The van der Waals surface area contributed by atoms with E-state index in [1.165, 1.54) is 0 Å². The zero-order chi connectivity index (χ0) is 19.1. The van der Waals surface area contributed by atoms with Crippen molar-refractivity contribution in [2.75, 3.05) is 18.5 Å². The van der Waals surface area contributed by atoms with Crippen molar-refractivity contribution in [2.45, 2.75) is 6.92 Å². The van der Waals surface area contributed by atoms with E-state index in [0.29, 0.717) is 11.6 Å². The molecule has 0 fully saturated rings. The van der Waals surface area contributed by atoms with Gasteiger partial charge in [-0.25, -0.2) is 8.78 Å². The number of rotatable bonds is 6. The number of ether oxygens (including phenoxy) is 1. The van der Waals surface area contributed by atoms with Crippen LogP contribution in [0.4, 0.5) is 14.5 Å². The van der Waals surface area contributed by atoms with Crippen LogP contribution in [0.25, 0.3) is 0 Å². The maximum absolute atomic E-state index is 13.4. The summed E-state index contributed by atoms with van der Waals surface area (Å²) >= 11 is 0. The van der Waals surface area contributed by atoms with E-state index in [1.54, 1.807) is 18.2 Å². The minimum Gasteiger partial charge on any atom is -0.454 e. The minimum atomic E-state index is -0.949. The molecule has 26 heavy (non-hydrogen) atoms. The summed E-state index contributed by atoms with van der Waals surface area (Å²) in [5.74, 6) is -3.82. The fraction of sp³-hybridized carbons (Fsp3) is 0.167. The summed E-state index contributed by atoms with van der Waals surface area (Å²) in [6, 6.07) is 9.43. The zero-order valence-corrected chi connectivity index (χ0v) is 13.8. The average Bonchev–Trinajstić information content (AvgIpc) is 2.60. The number of carbonyl (C=O) groups excluding carboxylic acids is 3. The SMILES string of the molecule is Cc1cccc(C(=O)NCC(=O)OCC(=O)Nc2ccc(F)cc2F)c1. The second-order valence-corrected chi connectivity index (χ2v) is 5.39. The number of esters is 1. The van der Waals surface area contributed by atoms with Crippen LogP contribution in [0.2, 0.25) is 0 Å². The number of amides is 2. The van der Waals surface area contributed by atoms with E-state index in [9.17, 15) is 23.2 Å². The number of benzene rings is 2. The number of hydrogen-bond acceptors (Lipinski definition) is 4. The highest BCUT2D eigenvalue weighted by Crippen LogP contribution is 2.14. The molecule has 2 N–H and O–H groups in total. The summed E-state index contributed by atoms with van der Waals surface area (Å²) in [6.45, 7) is 0.731. The van der Waals surface area contributed by atoms with Crippen molar-refractivity contribution in [3.05, 3.63) is 65.2 Å². The van der Waals surface area contributed by atoms with Crippen LogP contribution >= 0.6 is 0 Å². The Morgan fingerprint density at radius 2 is 1.85 bits per heavy atom. The van der Waals surface area contributed by atoms with Crippen LogP contribution in [0.1, 0.15) is 15.9 Å². The molecule has 136 valence electrons. The third-order valence-corrected chi connectivity index (χ3v) is 3.24. The van der Waals surface area contributed by atoms with Gasteiger partial charge in [0.05, 0.1) is 5.69 Å². The van der Waals surface area contributed by atoms with Crippen molar-refractivity contribution < 1.29 is 27.9 Å². The number of hydrogen-bond donors (Lipinski definition) is 2. The molecule has 0 aliphatic rings. The Kier molecular flexibility index (Phi) is 6.37. The van der Waals surface area contributed by atoms with E-state index in [-0.39, 0.29) is 5.69 Å². The van der Waals surface area contributed by atoms with Gasteiger partial charge in [-0.1, -0.05) is 17.7 Å². The van der Waals surface area contributed by atoms with E-state index < -0.39 is 42.6 Å². The third-order valence-electron chi connectivity index (χ3n) is 3.24. The molecule has 0 aliphatic carbocycles. The number of anilines is 1. The highest BCUT2D eigenvalue weighted by molar-refractivity contribution is 5.96. The normalized spacial score (nSPS) is 10.1. The van der Waals surface area contributed by atoms with Crippen molar-refractivity contribution in [3.8, 4) is 0 Å². The smallest absolute Gasteiger partial charge is 0.325 e. The van der Waals surface area contributed by atoms with Crippen molar-refractivity contribution in [1.82, 2.24) is 5.32 Å². The lowest BCUT2D eigenvalue weighted by Crippen LogP contribution is -2.32. The van der Waals surface area contributed by atoms with Crippen molar-refractivity contribution in [1.29, 1.82) is 0 Å². The second kappa shape index (κ2) is 8.70. The molecule has 0 aromatic heterocycles. The lowest BCUT2D eigenvalue weighted by molar-refractivity contribution is -0.146. The molecule has 2 amide bonds. The topological polar surface area (TPSA) is 84.5 Å². The fourth-order valence-electron chi connectivity index (χ4n) is 2.02. The Morgan fingerprint density at radius 3 is 2.54 bits per heavy atom. The van der Waals surface area contributed by atoms with Crippen LogP contribution in [0.15, 0.2) is 42.5 Å². The first-order valence-electron chi connectivity index (χ1n) is 7.60. The summed E-state index contributed by atoms with van der Waals surface area (Å²) in [4.78, 5) is 35.1. The van der Waals surface area contributed by atoms with Gasteiger partial charge >= 0.3 is 5.97 Å². The predicted octanol–water partition coefficient (Wildman–Crippen LogP) is 2.18. The molecule has 0 heterocycles. The molecule has 0 saturated heterocycles. The predicted molar refractivity (Wildman–Crippen MR) is 89.5 cm³/mol. The van der Waals surface area contributed by atoms with Crippen molar-refractivity contribution >= 4 is 23.5 Å². The van der Waals surface area contributed by atoms with Crippen LogP contribution in [0.3, 0.4) is 0 Å². The maximum atomic E-state index is 13.4. The van der Waals surface area contributed by atoms with Gasteiger partial charge in [-0.3, -0.25) is 14.4 Å². The molecule has 2 aromatic carbocycles. The number of nitrogens with one attached hydrogen (secondary N) is 2. The lowest BCUT2D eigenvalue weighted by Gasteiger charge is -2.08. The molecule has 0 spiro atoms. The number of carbonyl (C=O) groups is 3. The Hall–Kier alpha value is -3.29. The molecule has 0 radical (unpaired) electrons. The summed E-state index contributed by atoms with van der Waals surface area (Å²) in [5.41, 5.74) is 1.05. The Labute approximate surface area is 148 Å². The first-order chi connectivity index (χ1) is 12.3. The summed E-state index contributed by atoms with van der Waals surface area (Å²) in [6.07, 6.45) is 0. The summed E-state index contributed by atoms with van der Waals surface area (Å²) < 4.78 is 30.9. The van der Waals surface area contributed by atoms with Gasteiger partial charge < -0.3 is 15.4 Å². The molecular weight excluding hydrogens is 346 g/mol. The monoisotopic (exact) mass is 362 g/mol. The van der Waals surface area contributed by atoms with Crippen LogP contribution in [-0.2, 0) is 14.3 Å². The molecule has 0 aliphatic heterocycles. The van der Waals surface area contributed by atoms with Crippen molar-refractivity contribution in [3.63, 3.8) is 0 Å². The molecule has 0 bridgehead atoms. The van der Waals surface area contributed by atoms with Gasteiger partial charge in [0.15, 0.2) is 6.61 Å². The maximum Gasteiger partial charge on any atom is 0.325 e. The Balaban J connectivity index is 1.76. The quantitative estimate of drug-likeness (QED) is 0.772. The van der Waals surface area contributed by atoms with Gasteiger partial charge in [-0.2, -0.15) is 0 Å². The van der Waals surface area contributed by atoms with E-state index >= 15 is 0 Å².